The lowest BCUT2D eigenvalue weighted by atomic mass is 10.00. The van der Waals surface area contributed by atoms with E-state index < -0.39 is 21.4 Å². The SMILES string of the molecule is CN1CCN=C(c2ccccc2)c2cc(OS(=O)(=O)C(F)(F)F)ccc21. The van der Waals surface area contributed by atoms with E-state index in [0.717, 1.165) is 11.3 Å². The Bertz CT molecular complexity index is 941. The lowest BCUT2D eigenvalue weighted by molar-refractivity contribution is -0.0500. The largest absolute Gasteiger partial charge is 0.534 e. The van der Waals surface area contributed by atoms with E-state index >= 15 is 0 Å². The average Bonchev–Trinajstić information content (AvgIpc) is 2.73. The fourth-order valence-electron chi connectivity index (χ4n) is 2.62. The number of fused-ring (bicyclic) bond motifs is 1. The van der Waals surface area contributed by atoms with Crippen molar-refractivity contribution in [2.24, 2.45) is 4.99 Å². The van der Waals surface area contributed by atoms with Crippen LogP contribution in [0.1, 0.15) is 11.1 Å². The number of hydrogen-bond acceptors (Lipinski definition) is 5. The van der Waals surface area contributed by atoms with Crippen molar-refractivity contribution in [1.29, 1.82) is 0 Å². The number of halogens is 3. The van der Waals surface area contributed by atoms with E-state index in [1.807, 2.05) is 42.3 Å². The van der Waals surface area contributed by atoms with E-state index in [4.69, 9.17) is 0 Å². The molecule has 2 aromatic rings. The van der Waals surface area contributed by atoms with Crippen LogP contribution in [0.4, 0.5) is 18.9 Å². The van der Waals surface area contributed by atoms with Crippen molar-refractivity contribution in [3.8, 4) is 5.75 Å². The summed E-state index contributed by atoms with van der Waals surface area (Å²) in [5.41, 5.74) is -2.92. The van der Waals surface area contributed by atoms with Gasteiger partial charge in [0.05, 0.1) is 12.3 Å². The van der Waals surface area contributed by atoms with Gasteiger partial charge in [-0.15, -0.1) is 0 Å². The molecule has 5 nitrogen and oxygen atoms in total. The van der Waals surface area contributed by atoms with Crippen LogP contribution in [0.2, 0.25) is 0 Å². The first-order valence-electron chi connectivity index (χ1n) is 7.65. The smallest absolute Gasteiger partial charge is 0.376 e. The second-order valence-corrected chi connectivity index (χ2v) is 7.22. The third-order valence-corrected chi connectivity index (χ3v) is 4.86. The molecule has 1 aliphatic heterocycles. The number of alkyl halides is 3. The van der Waals surface area contributed by atoms with E-state index in [1.54, 1.807) is 0 Å². The molecule has 0 saturated heterocycles. The summed E-state index contributed by atoms with van der Waals surface area (Å²) in [7, 11) is -3.91. The van der Waals surface area contributed by atoms with Gasteiger partial charge in [-0.25, -0.2) is 0 Å². The predicted molar refractivity (Wildman–Crippen MR) is 92.3 cm³/mol. The summed E-state index contributed by atoms with van der Waals surface area (Å²) in [6.07, 6.45) is 0. The summed E-state index contributed by atoms with van der Waals surface area (Å²) in [4.78, 5) is 6.42. The summed E-state index contributed by atoms with van der Waals surface area (Å²) in [5, 5.41) is 0. The van der Waals surface area contributed by atoms with Crippen LogP contribution in [-0.2, 0) is 10.1 Å². The fraction of sp³-hybridized carbons (Fsp3) is 0.235. The van der Waals surface area contributed by atoms with Crippen molar-refractivity contribution in [1.82, 2.24) is 0 Å². The van der Waals surface area contributed by atoms with Crippen molar-refractivity contribution in [2.75, 3.05) is 25.0 Å². The van der Waals surface area contributed by atoms with Gasteiger partial charge in [0, 0.05) is 30.4 Å². The highest BCUT2D eigenvalue weighted by Gasteiger charge is 2.48. The summed E-state index contributed by atoms with van der Waals surface area (Å²) in [6, 6.07) is 13.1. The first kappa shape index (κ1) is 18.2. The lowest BCUT2D eigenvalue weighted by Gasteiger charge is -2.20. The third-order valence-electron chi connectivity index (χ3n) is 3.88. The molecule has 3 rings (SSSR count). The molecule has 1 aliphatic rings. The Labute approximate surface area is 148 Å². The molecule has 1 heterocycles. The molecule has 0 spiro atoms. The summed E-state index contributed by atoms with van der Waals surface area (Å²) < 4.78 is 64.6. The number of likely N-dealkylation sites (N-methyl/N-ethyl adjacent to an activating group) is 1. The van der Waals surface area contributed by atoms with Crippen molar-refractivity contribution in [3.05, 3.63) is 59.7 Å². The van der Waals surface area contributed by atoms with Crippen LogP contribution >= 0.6 is 0 Å². The number of hydrogen-bond donors (Lipinski definition) is 0. The molecule has 0 N–H and O–H groups in total. The van der Waals surface area contributed by atoms with Gasteiger partial charge < -0.3 is 9.08 Å². The maximum absolute atomic E-state index is 12.6. The molecule has 0 bridgehead atoms. The Morgan fingerprint density at radius 2 is 1.81 bits per heavy atom. The van der Waals surface area contributed by atoms with Gasteiger partial charge in [0.2, 0.25) is 0 Å². The Morgan fingerprint density at radius 3 is 2.46 bits per heavy atom. The van der Waals surface area contributed by atoms with E-state index in [1.165, 1.54) is 18.2 Å². The summed E-state index contributed by atoms with van der Waals surface area (Å²) in [5.74, 6) is -0.417. The Morgan fingerprint density at radius 1 is 1.12 bits per heavy atom. The molecule has 0 amide bonds. The number of nitrogens with zero attached hydrogens (tertiary/aromatic N) is 2. The minimum atomic E-state index is -5.74. The highest BCUT2D eigenvalue weighted by Crippen LogP contribution is 2.32. The Hall–Kier alpha value is -2.55. The molecule has 0 saturated carbocycles. The molecule has 0 atom stereocenters. The zero-order valence-corrected chi connectivity index (χ0v) is 14.5. The van der Waals surface area contributed by atoms with Crippen molar-refractivity contribution >= 4 is 21.5 Å². The van der Waals surface area contributed by atoms with Crippen LogP contribution < -0.4 is 9.08 Å². The normalized spacial score (nSPS) is 15.1. The van der Waals surface area contributed by atoms with E-state index in [-0.39, 0.29) is 0 Å². The van der Waals surface area contributed by atoms with E-state index in [2.05, 4.69) is 9.18 Å². The molecule has 0 radical (unpaired) electrons. The number of benzene rings is 2. The van der Waals surface area contributed by atoms with Gasteiger partial charge in [-0.1, -0.05) is 30.3 Å². The lowest BCUT2D eigenvalue weighted by Crippen LogP contribution is -2.28. The molecule has 2 aromatic carbocycles. The van der Waals surface area contributed by atoms with Crippen molar-refractivity contribution in [2.45, 2.75) is 5.51 Å². The molecular formula is C17H15F3N2O3S. The topological polar surface area (TPSA) is 59.0 Å². The minimum Gasteiger partial charge on any atom is -0.376 e. The first-order chi connectivity index (χ1) is 12.2. The first-order valence-corrected chi connectivity index (χ1v) is 9.06. The van der Waals surface area contributed by atoms with Crippen LogP contribution in [0, 0.1) is 0 Å². The summed E-state index contributed by atoms with van der Waals surface area (Å²) >= 11 is 0. The van der Waals surface area contributed by atoms with E-state index in [9.17, 15) is 21.6 Å². The summed E-state index contributed by atoms with van der Waals surface area (Å²) in [6.45, 7) is 1.11. The highest BCUT2D eigenvalue weighted by atomic mass is 32.2. The van der Waals surface area contributed by atoms with Gasteiger partial charge >= 0.3 is 15.6 Å². The number of benzodiazepines with no additional fused rings is 1. The standard InChI is InChI=1S/C17H15F3N2O3S/c1-22-10-9-21-16(12-5-3-2-4-6-12)14-11-13(7-8-15(14)22)25-26(23,24)17(18,19)20/h2-8,11H,9-10H2,1H3. The van der Waals surface area contributed by atoms with Gasteiger partial charge in [-0.3, -0.25) is 4.99 Å². The average molecular weight is 384 g/mol. The molecule has 9 heteroatoms. The van der Waals surface area contributed by atoms with Gasteiger partial charge in [-0.2, -0.15) is 21.6 Å². The quantitative estimate of drug-likeness (QED) is 0.602. The fourth-order valence-corrected chi connectivity index (χ4v) is 3.08. The van der Waals surface area contributed by atoms with Gasteiger partial charge in [0.25, 0.3) is 0 Å². The van der Waals surface area contributed by atoms with Crippen molar-refractivity contribution < 1.29 is 25.8 Å². The van der Waals surface area contributed by atoms with Crippen LogP contribution in [0.5, 0.6) is 5.75 Å². The number of anilines is 1. The minimum absolute atomic E-state index is 0.417. The van der Waals surface area contributed by atoms with E-state index in [0.29, 0.717) is 24.4 Å². The monoisotopic (exact) mass is 384 g/mol. The second-order valence-electron chi connectivity index (χ2n) is 5.68. The maximum atomic E-state index is 12.6. The van der Waals surface area contributed by atoms with Crippen LogP contribution in [0.15, 0.2) is 53.5 Å². The molecule has 138 valence electrons. The second kappa shape index (κ2) is 6.64. The molecular weight excluding hydrogens is 369 g/mol. The maximum Gasteiger partial charge on any atom is 0.534 e. The Kier molecular flexibility index (Phi) is 4.66. The van der Waals surface area contributed by atoms with Gasteiger partial charge in [0.1, 0.15) is 5.75 Å². The molecule has 26 heavy (non-hydrogen) atoms. The number of rotatable bonds is 3. The molecule has 0 fully saturated rings. The van der Waals surface area contributed by atoms with Crippen LogP contribution in [0.25, 0.3) is 0 Å². The molecule has 0 aromatic heterocycles. The Balaban J connectivity index is 2.09. The van der Waals surface area contributed by atoms with Gasteiger partial charge in [-0.05, 0) is 18.2 Å². The highest BCUT2D eigenvalue weighted by molar-refractivity contribution is 7.88. The third kappa shape index (κ3) is 3.52. The predicted octanol–water partition coefficient (Wildman–Crippen LogP) is 3.20. The van der Waals surface area contributed by atoms with Gasteiger partial charge in [0.15, 0.2) is 0 Å². The van der Waals surface area contributed by atoms with Crippen LogP contribution in [0.3, 0.4) is 0 Å². The van der Waals surface area contributed by atoms with Crippen molar-refractivity contribution in [3.63, 3.8) is 0 Å². The van der Waals surface area contributed by atoms with Crippen LogP contribution in [-0.4, -0.2) is 39.8 Å². The number of aliphatic imine (C=N–C) groups is 1. The molecule has 0 unspecified atom stereocenters. The zero-order valence-electron chi connectivity index (χ0n) is 13.7. The molecule has 0 aliphatic carbocycles. The zero-order chi connectivity index (χ0) is 18.9.